The van der Waals surface area contributed by atoms with E-state index in [0.717, 1.165) is 0 Å². The zero-order chi connectivity index (χ0) is 13.3. The molecule has 0 aliphatic heterocycles. The van der Waals surface area contributed by atoms with Crippen molar-refractivity contribution in [2.24, 2.45) is 0 Å². The normalized spacial score (nSPS) is 10.4. The van der Waals surface area contributed by atoms with Gasteiger partial charge in [0.25, 0.3) is 0 Å². The topological polar surface area (TPSA) is 63.8 Å². The number of nitrogens with one attached hydrogen (secondary N) is 1. The number of aryl methyl sites for hydroxylation is 1. The molecule has 0 unspecified atom stereocenters. The van der Waals surface area contributed by atoms with Crippen LogP contribution in [0.3, 0.4) is 0 Å². The van der Waals surface area contributed by atoms with Gasteiger partial charge in [-0.2, -0.15) is 4.98 Å². The fourth-order valence-corrected chi connectivity index (χ4v) is 1.74. The van der Waals surface area contributed by atoms with E-state index < -0.39 is 5.82 Å². The molecule has 2 aromatic rings. The molecule has 3 N–H and O–H groups in total. The number of aromatic nitrogens is 2. The van der Waals surface area contributed by atoms with Gasteiger partial charge in [0, 0.05) is 23.7 Å². The van der Waals surface area contributed by atoms with Crippen LogP contribution in [0.15, 0.2) is 18.2 Å². The molecule has 0 spiro atoms. The summed E-state index contributed by atoms with van der Waals surface area (Å²) in [4.78, 5) is 7.96. The summed E-state index contributed by atoms with van der Waals surface area (Å²) in [5, 5.41) is 3.32. The van der Waals surface area contributed by atoms with Gasteiger partial charge in [0.2, 0.25) is 5.95 Å². The van der Waals surface area contributed by atoms with E-state index in [-0.39, 0.29) is 5.95 Å². The van der Waals surface area contributed by atoms with Gasteiger partial charge in [-0.05, 0) is 24.6 Å². The maximum absolute atomic E-state index is 13.9. The molecule has 0 fully saturated rings. The lowest BCUT2D eigenvalue weighted by atomic mass is 10.1. The van der Waals surface area contributed by atoms with E-state index in [1.807, 2.05) is 0 Å². The number of hydrogen-bond acceptors (Lipinski definition) is 4. The average molecular weight is 267 g/mol. The zero-order valence-electron chi connectivity index (χ0n) is 9.96. The van der Waals surface area contributed by atoms with Crippen molar-refractivity contribution < 1.29 is 4.39 Å². The Morgan fingerprint density at radius 3 is 2.67 bits per heavy atom. The summed E-state index contributed by atoms with van der Waals surface area (Å²) in [6.45, 7) is 1.74. The summed E-state index contributed by atoms with van der Waals surface area (Å²) in [7, 11) is 1.70. The number of nitrogens with two attached hydrogens (primary N) is 1. The van der Waals surface area contributed by atoms with E-state index >= 15 is 0 Å². The molecule has 1 heterocycles. The highest BCUT2D eigenvalue weighted by Crippen LogP contribution is 2.28. The molecule has 1 aromatic heterocycles. The number of hydrogen-bond donors (Lipinski definition) is 2. The summed E-state index contributed by atoms with van der Waals surface area (Å²) < 4.78 is 13.9. The van der Waals surface area contributed by atoms with Gasteiger partial charge in [0.05, 0.1) is 5.69 Å². The van der Waals surface area contributed by atoms with Crippen LogP contribution in [0.4, 0.5) is 16.2 Å². The summed E-state index contributed by atoms with van der Waals surface area (Å²) in [5.41, 5.74) is 6.94. The Morgan fingerprint density at radius 2 is 2.00 bits per heavy atom. The van der Waals surface area contributed by atoms with E-state index in [1.54, 1.807) is 20.0 Å². The number of nitrogens with zero attached hydrogens (tertiary/aromatic N) is 2. The lowest BCUT2D eigenvalue weighted by Crippen LogP contribution is -2.02. The molecule has 0 saturated carbocycles. The van der Waals surface area contributed by atoms with E-state index in [9.17, 15) is 4.39 Å². The average Bonchev–Trinajstić information content (AvgIpc) is 2.33. The first kappa shape index (κ1) is 12.6. The van der Waals surface area contributed by atoms with Gasteiger partial charge in [-0.25, -0.2) is 9.37 Å². The molecule has 0 saturated heterocycles. The van der Waals surface area contributed by atoms with Crippen LogP contribution < -0.4 is 11.1 Å². The van der Waals surface area contributed by atoms with Crippen molar-refractivity contribution in [1.82, 2.24) is 9.97 Å². The van der Waals surface area contributed by atoms with E-state index in [1.165, 1.54) is 12.1 Å². The Hall–Kier alpha value is -1.88. The smallest absolute Gasteiger partial charge is 0.222 e. The molecule has 0 aliphatic rings. The van der Waals surface area contributed by atoms with Crippen molar-refractivity contribution in [3.8, 4) is 11.3 Å². The van der Waals surface area contributed by atoms with Crippen LogP contribution in [-0.4, -0.2) is 17.0 Å². The summed E-state index contributed by atoms with van der Waals surface area (Å²) in [6, 6.07) is 4.52. The quantitative estimate of drug-likeness (QED) is 0.877. The molecule has 94 valence electrons. The number of anilines is 2. The van der Waals surface area contributed by atoms with Gasteiger partial charge in [0.15, 0.2) is 0 Å². The Bertz CT molecular complexity index is 601. The van der Waals surface area contributed by atoms with Crippen molar-refractivity contribution >= 4 is 23.4 Å². The summed E-state index contributed by atoms with van der Waals surface area (Å²) in [6.07, 6.45) is 0. The van der Waals surface area contributed by atoms with Crippen molar-refractivity contribution in [2.75, 3.05) is 18.1 Å². The second-order valence-corrected chi connectivity index (χ2v) is 4.24. The van der Waals surface area contributed by atoms with Crippen LogP contribution in [0.2, 0.25) is 5.02 Å². The van der Waals surface area contributed by atoms with Crippen LogP contribution in [0.5, 0.6) is 0 Å². The van der Waals surface area contributed by atoms with Crippen molar-refractivity contribution in [2.45, 2.75) is 6.92 Å². The maximum atomic E-state index is 13.9. The Balaban J connectivity index is 2.61. The van der Waals surface area contributed by atoms with Gasteiger partial charge in [-0.15, -0.1) is 0 Å². The largest absolute Gasteiger partial charge is 0.373 e. The minimum absolute atomic E-state index is 0.0768. The van der Waals surface area contributed by atoms with Crippen molar-refractivity contribution in [3.63, 3.8) is 0 Å². The molecule has 0 radical (unpaired) electrons. The minimum Gasteiger partial charge on any atom is -0.373 e. The van der Waals surface area contributed by atoms with Crippen LogP contribution in [0, 0.1) is 12.7 Å². The Kier molecular flexibility index (Phi) is 3.34. The molecule has 2 rings (SSSR count). The Labute approximate surface area is 109 Å². The maximum Gasteiger partial charge on any atom is 0.222 e. The predicted octanol–water partition coefficient (Wildman–Crippen LogP) is 2.87. The molecule has 4 nitrogen and oxygen atoms in total. The number of benzene rings is 1. The molecular weight excluding hydrogens is 255 g/mol. The summed E-state index contributed by atoms with van der Waals surface area (Å²) in [5.74, 6) is 0.207. The standard InChI is InChI=1S/C12H12ClFN4/c1-6-3-9(14)7(4-8(6)13)10-5-11(16-2)18-12(15)17-10/h3-5H,1-2H3,(H3,15,16,17,18). The summed E-state index contributed by atoms with van der Waals surface area (Å²) >= 11 is 5.99. The molecule has 0 amide bonds. The lowest BCUT2D eigenvalue weighted by Gasteiger charge is -2.08. The van der Waals surface area contributed by atoms with Crippen molar-refractivity contribution in [3.05, 3.63) is 34.6 Å². The third-order valence-electron chi connectivity index (χ3n) is 2.52. The van der Waals surface area contributed by atoms with Crippen LogP contribution in [0.1, 0.15) is 5.56 Å². The van der Waals surface area contributed by atoms with Gasteiger partial charge in [-0.1, -0.05) is 11.6 Å². The first-order chi connectivity index (χ1) is 8.51. The first-order valence-electron chi connectivity index (χ1n) is 5.29. The molecule has 1 aromatic carbocycles. The third kappa shape index (κ3) is 2.36. The van der Waals surface area contributed by atoms with Gasteiger partial charge < -0.3 is 11.1 Å². The molecule has 0 atom stereocenters. The highest BCUT2D eigenvalue weighted by molar-refractivity contribution is 6.31. The zero-order valence-corrected chi connectivity index (χ0v) is 10.7. The molecule has 18 heavy (non-hydrogen) atoms. The highest BCUT2D eigenvalue weighted by atomic mass is 35.5. The molecular formula is C12H12ClFN4. The predicted molar refractivity (Wildman–Crippen MR) is 71.1 cm³/mol. The fourth-order valence-electron chi connectivity index (χ4n) is 1.57. The second-order valence-electron chi connectivity index (χ2n) is 3.83. The van der Waals surface area contributed by atoms with E-state index in [2.05, 4.69) is 15.3 Å². The first-order valence-corrected chi connectivity index (χ1v) is 5.67. The molecule has 0 bridgehead atoms. The Morgan fingerprint density at radius 1 is 1.28 bits per heavy atom. The number of halogens is 2. The minimum atomic E-state index is -0.392. The van der Waals surface area contributed by atoms with Crippen LogP contribution in [-0.2, 0) is 0 Å². The SMILES string of the molecule is CNc1cc(-c2cc(Cl)c(C)cc2F)nc(N)n1. The second kappa shape index (κ2) is 4.78. The van der Waals surface area contributed by atoms with Crippen LogP contribution in [0.25, 0.3) is 11.3 Å². The fraction of sp³-hybridized carbons (Fsp3) is 0.167. The van der Waals surface area contributed by atoms with E-state index in [4.69, 9.17) is 17.3 Å². The highest BCUT2D eigenvalue weighted by Gasteiger charge is 2.11. The van der Waals surface area contributed by atoms with E-state index in [0.29, 0.717) is 27.7 Å². The van der Waals surface area contributed by atoms with Crippen LogP contribution >= 0.6 is 11.6 Å². The number of rotatable bonds is 2. The van der Waals surface area contributed by atoms with Gasteiger partial charge in [0.1, 0.15) is 11.6 Å². The van der Waals surface area contributed by atoms with Gasteiger partial charge >= 0.3 is 0 Å². The van der Waals surface area contributed by atoms with Crippen molar-refractivity contribution in [1.29, 1.82) is 0 Å². The molecule has 0 aliphatic carbocycles. The molecule has 6 heteroatoms. The monoisotopic (exact) mass is 266 g/mol. The lowest BCUT2D eigenvalue weighted by molar-refractivity contribution is 0.629. The number of nitrogen functional groups attached to an aromatic ring is 1. The van der Waals surface area contributed by atoms with Gasteiger partial charge in [-0.3, -0.25) is 0 Å². The third-order valence-corrected chi connectivity index (χ3v) is 2.93.